The molecule has 6 nitrogen and oxygen atoms in total. The smallest absolute Gasteiger partial charge is 0.192 e. The minimum absolute atomic E-state index is 0.00109. The maximum Gasteiger partial charge on any atom is 0.192 e. The molecule has 6 heteroatoms. The highest BCUT2D eigenvalue weighted by Crippen LogP contribution is 2.31. The average molecular weight is 263 g/mol. The molecule has 0 aromatic carbocycles. The SMILES string of the molecule is CC1CC(C)C(C)N(c2nccnc2C(N)=NO)C1. The van der Waals surface area contributed by atoms with Gasteiger partial charge in [0, 0.05) is 25.0 Å². The molecule has 1 aliphatic heterocycles. The summed E-state index contributed by atoms with van der Waals surface area (Å²) >= 11 is 0. The van der Waals surface area contributed by atoms with Gasteiger partial charge < -0.3 is 15.8 Å². The van der Waals surface area contributed by atoms with Crippen LogP contribution in [0.4, 0.5) is 5.82 Å². The van der Waals surface area contributed by atoms with Gasteiger partial charge in [-0.2, -0.15) is 0 Å². The Morgan fingerprint density at radius 2 is 2.05 bits per heavy atom. The Morgan fingerprint density at radius 3 is 2.74 bits per heavy atom. The first-order valence-corrected chi connectivity index (χ1v) is 6.60. The van der Waals surface area contributed by atoms with E-state index in [-0.39, 0.29) is 5.84 Å². The number of amidine groups is 1. The maximum atomic E-state index is 8.86. The number of oxime groups is 1. The topological polar surface area (TPSA) is 87.6 Å². The summed E-state index contributed by atoms with van der Waals surface area (Å²) in [5, 5.41) is 11.9. The number of anilines is 1. The van der Waals surface area contributed by atoms with Gasteiger partial charge >= 0.3 is 0 Å². The van der Waals surface area contributed by atoms with Crippen LogP contribution in [0.1, 0.15) is 32.9 Å². The summed E-state index contributed by atoms with van der Waals surface area (Å²) in [7, 11) is 0. The van der Waals surface area contributed by atoms with Crippen LogP contribution in [0.5, 0.6) is 0 Å². The number of rotatable bonds is 2. The van der Waals surface area contributed by atoms with Gasteiger partial charge in [-0.1, -0.05) is 19.0 Å². The van der Waals surface area contributed by atoms with Crippen molar-refractivity contribution in [3.05, 3.63) is 18.1 Å². The van der Waals surface area contributed by atoms with Gasteiger partial charge in [-0.25, -0.2) is 9.97 Å². The van der Waals surface area contributed by atoms with Gasteiger partial charge in [-0.15, -0.1) is 0 Å². The van der Waals surface area contributed by atoms with Crippen molar-refractivity contribution >= 4 is 11.7 Å². The molecule has 1 saturated heterocycles. The van der Waals surface area contributed by atoms with Crippen molar-refractivity contribution in [3.8, 4) is 0 Å². The Balaban J connectivity index is 2.40. The van der Waals surface area contributed by atoms with E-state index in [1.54, 1.807) is 12.4 Å². The fourth-order valence-corrected chi connectivity index (χ4v) is 2.76. The monoisotopic (exact) mass is 263 g/mol. The molecule has 104 valence electrons. The summed E-state index contributed by atoms with van der Waals surface area (Å²) in [4.78, 5) is 10.8. The highest BCUT2D eigenvalue weighted by Gasteiger charge is 2.31. The number of nitrogens with zero attached hydrogens (tertiary/aromatic N) is 4. The predicted molar refractivity (Wildman–Crippen MR) is 74.3 cm³/mol. The van der Waals surface area contributed by atoms with Crippen molar-refractivity contribution in [2.75, 3.05) is 11.4 Å². The van der Waals surface area contributed by atoms with Crippen molar-refractivity contribution in [1.29, 1.82) is 0 Å². The fraction of sp³-hybridized carbons (Fsp3) is 0.615. The zero-order chi connectivity index (χ0) is 14.0. The van der Waals surface area contributed by atoms with E-state index in [1.807, 2.05) is 0 Å². The molecule has 0 aliphatic carbocycles. The van der Waals surface area contributed by atoms with Crippen molar-refractivity contribution in [2.45, 2.75) is 33.2 Å². The summed E-state index contributed by atoms with van der Waals surface area (Å²) in [6.45, 7) is 7.57. The van der Waals surface area contributed by atoms with Gasteiger partial charge in [0.15, 0.2) is 17.3 Å². The van der Waals surface area contributed by atoms with Crippen LogP contribution in [0.25, 0.3) is 0 Å². The predicted octanol–water partition coefficient (Wildman–Crippen LogP) is 1.44. The largest absolute Gasteiger partial charge is 0.409 e. The molecule has 0 amide bonds. The Morgan fingerprint density at radius 1 is 1.37 bits per heavy atom. The average Bonchev–Trinajstić information content (AvgIpc) is 2.42. The number of nitrogens with two attached hydrogens (primary N) is 1. The van der Waals surface area contributed by atoms with Gasteiger partial charge in [-0.3, -0.25) is 0 Å². The van der Waals surface area contributed by atoms with E-state index < -0.39 is 0 Å². The van der Waals surface area contributed by atoms with E-state index in [2.05, 4.69) is 40.8 Å². The van der Waals surface area contributed by atoms with Gasteiger partial charge in [0.25, 0.3) is 0 Å². The molecule has 3 unspecified atom stereocenters. The van der Waals surface area contributed by atoms with Gasteiger partial charge in [-0.05, 0) is 25.2 Å². The van der Waals surface area contributed by atoms with E-state index in [1.165, 1.54) is 6.42 Å². The Bertz CT molecular complexity index is 476. The van der Waals surface area contributed by atoms with E-state index in [0.29, 0.717) is 29.4 Å². The third-order valence-electron chi connectivity index (χ3n) is 3.90. The number of hydrogen-bond donors (Lipinski definition) is 2. The minimum atomic E-state index is 0.00109. The fourth-order valence-electron chi connectivity index (χ4n) is 2.76. The van der Waals surface area contributed by atoms with Crippen LogP contribution >= 0.6 is 0 Å². The number of aromatic nitrogens is 2. The molecule has 3 N–H and O–H groups in total. The second kappa shape index (κ2) is 5.42. The summed E-state index contributed by atoms with van der Waals surface area (Å²) in [5.74, 6) is 1.86. The number of piperidine rings is 1. The zero-order valence-electron chi connectivity index (χ0n) is 11.6. The molecule has 0 bridgehead atoms. The van der Waals surface area contributed by atoms with Crippen LogP contribution in [0, 0.1) is 11.8 Å². The second-order valence-corrected chi connectivity index (χ2v) is 5.42. The van der Waals surface area contributed by atoms with Crippen molar-refractivity contribution < 1.29 is 5.21 Å². The van der Waals surface area contributed by atoms with Crippen molar-refractivity contribution in [3.63, 3.8) is 0 Å². The molecule has 1 aromatic heterocycles. The van der Waals surface area contributed by atoms with E-state index in [4.69, 9.17) is 10.9 Å². The van der Waals surface area contributed by atoms with Crippen LogP contribution in [-0.4, -0.2) is 33.6 Å². The first-order valence-electron chi connectivity index (χ1n) is 6.60. The van der Waals surface area contributed by atoms with Crippen LogP contribution in [0.3, 0.4) is 0 Å². The van der Waals surface area contributed by atoms with Crippen molar-refractivity contribution in [2.24, 2.45) is 22.7 Å². The molecule has 1 aromatic rings. The number of hydrogen-bond acceptors (Lipinski definition) is 5. The molecule has 0 radical (unpaired) electrons. The lowest BCUT2D eigenvalue weighted by molar-refractivity contribution is 0.295. The quantitative estimate of drug-likeness (QED) is 0.365. The summed E-state index contributed by atoms with van der Waals surface area (Å²) < 4.78 is 0. The maximum absolute atomic E-state index is 8.86. The molecule has 2 rings (SSSR count). The van der Waals surface area contributed by atoms with Crippen LogP contribution in [0.2, 0.25) is 0 Å². The molecule has 3 atom stereocenters. The standard InChI is InChI=1S/C13H21N5O/c1-8-6-9(2)10(3)18(7-8)13-11(12(14)17-19)15-4-5-16-13/h4-5,8-10,19H,6-7H2,1-3H3,(H2,14,17). The Kier molecular flexibility index (Phi) is 3.87. The highest BCUT2D eigenvalue weighted by atomic mass is 16.4. The summed E-state index contributed by atoms with van der Waals surface area (Å²) in [6, 6.07) is 0.359. The molecule has 0 saturated carbocycles. The van der Waals surface area contributed by atoms with E-state index in [0.717, 1.165) is 6.54 Å². The van der Waals surface area contributed by atoms with Gasteiger partial charge in [0.1, 0.15) is 0 Å². The van der Waals surface area contributed by atoms with Gasteiger partial charge in [0.05, 0.1) is 0 Å². The third kappa shape index (κ3) is 2.62. The lowest BCUT2D eigenvalue weighted by Gasteiger charge is -2.42. The van der Waals surface area contributed by atoms with Crippen molar-refractivity contribution in [1.82, 2.24) is 9.97 Å². The van der Waals surface area contributed by atoms with Crippen LogP contribution in [-0.2, 0) is 0 Å². The first-order chi connectivity index (χ1) is 9.04. The second-order valence-electron chi connectivity index (χ2n) is 5.42. The first kappa shape index (κ1) is 13.6. The molecule has 19 heavy (non-hydrogen) atoms. The molecule has 1 fully saturated rings. The highest BCUT2D eigenvalue weighted by molar-refractivity contribution is 5.99. The molecule has 0 spiro atoms. The summed E-state index contributed by atoms with van der Waals surface area (Å²) in [6.07, 6.45) is 4.40. The normalized spacial score (nSPS) is 28.5. The van der Waals surface area contributed by atoms with Crippen LogP contribution in [0.15, 0.2) is 17.5 Å². The lowest BCUT2D eigenvalue weighted by atomic mass is 9.86. The van der Waals surface area contributed by atoms with Crippen LogP contribution < -0.4 is 10.6 Å². The van der Waals surface area contributed by atoms with E-state index >= 15 is 0 Å². The molecule has 1 aliphatic rings. The van der Waals surface area contributed by atoms with E-state index in [9.17, 15) is 0 Å². The molecule has 2 heterocycles. The lowest BCUT2D eigenvalue weighted by Crippen LogP contribution is -2.47. The molecular weight excluding hydrogens is 242 g/mol. The Hall–Kier alpha value is -1.85. The zero-order valence-corrected chi connectivity index (χ0v) is 11.6. The summed E-state index contributed by atoms with van der Waals surface area (Å²) in [5.41, 5.74) is 6.13. The van der Waals surface area contributed by atoms with Gasteiger partial charge in [0.2, 0.25) is 0 Å². The third-order valence-corrected chi connectivity index (χ3v) is 3.90. The minimum Gasteiger partial charge on any atom is -0.409 e. The Labute approximate surface area is 113 Å². The molecular formula is C13H21N5O.